The van der Waals surface area contributed by atoms with Gasteiger partial charge in [-0.25, -0.2) is 9.37 Å². The summed E-state index contributed by atoms with van der Waals surface area (Å²) in [5.41, 5.74) is 3.13. The molecule has 2 aromatic heterocycles. The van der Waals surface area contributed by atoms with Crippen molar-refractivity contribution in [2.45, 2.75) is 6.92 Å². The van der Waals surface area contributed by atoms with E-state index in [1.165, 1.54) is 12.1 Å². The van der Waals surface area contributed by atoms with Crippen molar-refractivity contribution < 1.29 is 9.18 Å². The number of carbonyl (C=O) groups is 1. The number of nitrogens with one attached hydrogen (secondary N) is 1. The van der Waals surface area contributed by atoms with E-state index in [4.69, 9.17) is 0 Å². The van der Waals surface area contributed by atoms with Crippen LogP contribution in [0.1, 0.15) is 16.2 Å². The Bertz CT molecular complexity index is 947. The first-order valence-corrected chi connectivity index (χ1v) is 9.33. The average Bonchev–Trinajstić information content (AvgIpc) is 3.12. The number of imidazole rings is 1. The first kappa shape index (κ1) is 18.3. The Kier molecular flexibility index (Phi) is 5.16. The first-order valence-electron chi connectivity index (χ1n) is 9.33. The lowest BCUT2D eigenvalue weighted by atomic mass is 10.2. The van der Waals surface area contributed by atoms with Gasteiger partial charge in [-0.3, -0.25) is 14.7 Å². The highest BCUT2D eigenvalue weighted by molar-refractivity contribution is 5.97. The predicted octanol–water partition coefficient (Wildman–Crippen LogP) is 2.92. The number of aryl methyl sites for hydroxylation is 1. The zero-order chi connectivity index (χ0) is 19.5. The Labute approximate surface area is 163 Å². The number of ketones is 1. The second-order valence-corrected chi connectivity index (χ2v) is 6.96. The van der Waals surface area contributed by atoms with Gasteiger partial charge >= 0.3 is 0 Å². The van der Waals surface area contributed by atoms with E-state index < -0.39 is 0 Å². The van der Waals surface area contributed by atoms with Crippen LogP contribution in [0, 0.1) is 12.7 Å². The molecule has 6 nitrogen and oxygen atoms in total. The van der Waals surface area contributed by atoms with Crippen molar-refractivity contribution in [1.82, 2.24) is 19.9 Å². The van der Waals surface area contributed by atoms with Crippen LogP contribution in [-0.4, -0.2) is 58.4 Å². The number of pyridine rings is 1. The molecular weight excluding hydrogens is 357 g/mol. The second-order valence-electron chi connectivity index (χ2n) is 6.96. The van der Waals surface area contributed by atoms with Crippen molar-refractivity contribution in [3.05, 3.63) is 66.0 Å². The summed E-state index contributed by atoms with van der Waals surface area (Å²) in [5, 5.41) is 0. The third kappa shape index (κ3) is 3.94. The van der Waals surface area contributed by atoms with Crippen molar-refractivity contribution in [2.24, 2.45) is 0 Å². The normalized spacial score (nSPS) is 15.0. The van der Waals surface area contributed by atoms with Gasteiger partial charge < -0.3 is 9.88 Å². The fourth-order valence-corrected chi connectivity index (χ4v) is 3.47. The van der Waals surface area contributed by atoms with Crippen LogP contribution < -0.4 is 4.90 Å². The van der Waals surface area contributed by atoms with Gasteiger partial charge in [-0.2, -0.15) is 0 Å². The summed E-state index contributed by atoms with van der Waals surface area (Å²) >= 11 is 0. The fourth-order valence-electron chi connectivity index (χ4n) is 3.47. The topological polar surface area (TPSA) is 65.1 Å². The van der Waals surface area contributed by atoms with Crippen molar-refractivity contribution in [1.29, 1.82) is 0 Å². The minimum Gasteiger partial charge on any atom is -0.369 e. The smallest absolute Gasteiger partial charge is 0.196 e. The third-order valence-electron chi connectivity index (χ3n) is 5.02. The Morgan fingerprint density at radius 3 is 2.57 bits per heavy atom. The Morgan fingerprint density at radius 1 is 1.14 bits per heavy atom. The molecule has 1 aliphatic heterocycles. The van der Waals surface area contributed by atoms with Gasteiger partial charge in [-0.05, 0) is 43.3 Å². The van der Waals surface area contributed by atoms with Crippen LogP contribution in [0.4, 0.5) is 10.1 Å². The third-order valence-corrected chi connectivity index (χ3v) is 5.02. The van der Waals surface area contributed by atoms with Crippen LogP contribution >= 0.6 is 0 Å². The molecule has 0 radical (unpaired) electrons. The number of H-pyrrole nitrogens is 1. The number of aromatic amines is 1. The number of benzene rings is 1. The number of Topliss-reactive ketones (excluding diaryl/α,β-unsaturated/α-hetero) is 1. The number of carbonyl (C=O) groups excluding carboxylic acids is 1. The van der Waals surface area contributed by atoms with Crippen molar-refractivity contribution in [3.8, 4) is 11.4 Å². The zero-order valence-electron chi connectivity index (χ0n) is 15.7. The molecule has 7 heteroatoms. The summed E-state index contributed by atoms with van der Waals surface area (Å²) in [7, 11) is 0. The second kappa shape index (κ2) is 7.90. The summed E-state index contributed by atoms with van der Waals surface area (Å²) in [6, 6.07) is 10.3. The molecule has 1 fully saturated rings. The number of rotatable bonds is 5. The summed E-state index contributed by atoms with van der Waals surface area (Å²) in [6.07, 6.45) is 3.43. The molecule has 28 heavy (non-hydrogen) atoms. The molecule has 144 valence electrons. The summed E-state index contributed by atoms with van der Waals surface area (Å²) in [6.45, 7) is 5.38. The highest BCUT2D eigenvalue weighted by Gasteiger charge is 2.22. The van der Waals surface area contributed by atoms with Crippen LogP contribution in [0.5, 0.6) is 0 Å². The van der Waals surface area contributed by atoms with Crippen molar-refractivity contribution >= 4 is 11.5 Å². The largest absolute Gasteiger partial charge is 0.369 e. The van der Waals surface area contributed by atoms with E-state index in [0.717, 1.165) is 43.1 Å². The lowest BCUT2D eigenvalue weighted by molar-refractivity contribution is 0.0921. The monoisotopic (exact) mass is 379 g/mol. The highest BCUT2D eigenvalue weighted by atomic mass is 19.1. The molecule has 0 amide bonds. The van der Waals surface area contributed by atoms with E-state index in [0.29, 0.717) is 18.1 Å². The standard InChI is InChI=1S/C21H22FN5O/c1-15-20(25-21(24-15)16-3-2-8-23-13-16)19(28)14-26-9-11-27(12-10-26)18-6-4-17(22)5-7-18/h2-8,13H,9-12,14H2,1H3,(H,24,25). The van der Waals surface area contributed by atoms with Crippen LogP contribution in [0.25, 0.3) is 11.4 Å². The highest BCUT2D eigenvalue weighted by Crippen LogP contribution is 2.19. The first-order chi connectivity index (χ1) is 13.6. The van der Waals surface area contributed by atoms with Crippen LogP contribution in [-0.2, 0) is 0 Å². The molecule has 3 aromatic rings. The maximum atomic E-state index is 13.1. The van der Waals surface area contributed by atoms with E-state index in [1.807, 2.05) is 19.1 Å². The lowest BCUT2D eigenvalue weighted by Crippen LogP contribution is -2.48. The predicted molar refractivity (Wildman–Crippen MR) is 106 cm³/mol. The molecule has 0 bridgehead atoms. The maximum Gasteiger partial charge on any atom is 0.196 e. The average molecular weight is 379 g/mol. The quantitative estimate of drug-likeness (QED) is 0.691. The van der Waals surface area contributed by atoms with E-state index in [2.05, 4.69) is 24.8 Å². The van der Waals surface area contributed by atoms with Crippen molar-refractivity contribution in [3.63, 3.8) is 0 Å². The molecule has 0 atom stereocenters. The van der Waals surface area contributed by atoms with Gasteiger partial charge in [0.15, 0.2) is 5.78 Å². The van der Waals surface area contributed by atoms with E-state index in [9.17, 15) is 9.18 Å². The van der Waals surface area contributed by atoms with E-state index in [1.54, 1.807) is 24.5 Å². The molecule has 1 saturated heterocycles. The number of halogens is 1. The number of aromatic nitrogens is 3. The maximum absolute atomic E-state index is 13.1. The van der Waals surface area contributed by atoms with Crippen molar-refractivity contribution in [2.75, 3.05) is 37.6 Å². The van der Waals surface area contributed by atoms with Gasteiger partial charge in [-0.1, -0.05) is 0 Å². The SMILES string of the molecule is Cc1[nH]c(-c2cccnc2)nc1C(=O)CN1CCN(c2ccc(F)cc2)CC1. The molecule has 0 saturated carbocycles. The van der Waals surface area contributed by atoms with Gasteiger partial charge in [0, 0.05) is 55.5 Å². The van der Waals surface area contributed by atoms with Gasteiger partial charge in [0.05, 0.1) is 6.54 Å². The summed E-state index contributed by atoms with van der Waals surface area (Å²) < 4.78 is 13.1. The fraction of sp³-hybridized carbons (Fsp3) is 0.286. The molecular formula is C21H22FN5O. The lowest BCUT2D eigenvalue weighted by Gasteiger charge is -2.35. The van der Waals surface area contributed by atoms with Crippen LogP contribution in [0.3, 0.4) is 0 Å². The molecule has 4 rings (SSSR count). The number of hydrogen-bond acceptors (Lipinski definition) is 5. The molecule has 0 spiro atoms. The summed E-state index contributed by atoms with van der Waals surface area (Å²) in [5.74, 6) is 0.446. The minimum atomic E-state index is -0.229. The summed E-state index contributed by atoms with van der Waals surface area (Å²) in [4.78, 5) is 28.9. The molecule has 0 aliphatic carbocycles. The van der Waals surface area contributed by atoms with Gasteiger partial charge in [-0.15, -0.1) is 0 Å². The van der Waals surface area contributed by atoms with E-state index >= 15 is 0 Å². The molecule has 1 N–H and O–H groups in total. The Hall–Kier alpha value is -3.06. The molecule has 1 aliphatic rings. The van der Waals surface area contributed by atoms with Gasteiger partial charge in [0.2, 0.25) is 0 Å². The number of piperazine rings is 1. The molecule has 0 unspecified atom stereocenters. The van der Waals surface area contributed by atoms with Gasteiger partial charge in [0.25, 0.3) is 0 Å². The Balaban J connectivity index is 1.37. The number of anilines is 1. The molecule has 1 aromatic carbocycles. The van der Waals surface area contributed by atoms with Crippen LogP contribution in [0.15, 0.2) is 48.8 Å². The Morgan fingerprint density at radius 2 is 1.89 bits per heavy atom. The van der Waals surface area contributed by atoms with Gasteiger partial charge in [0.1, 0.15) is 17.3 Å². The van der Waals surface area contributed by atoms with E-state index in [-0.39, 0.29) is 11.6 Å². The number of nitrogens with zero attached hydrogens (tertiary/aromatic N) is 4. The zero-order valence-corrected chi connectivity index (χ0v) is 15.7. The minimum absolute atomic E-state index is 0.0131. The molecule has 3 heterocycles. The van der Waals surface area contributed by atoms with Crippen LogP contribution in [0.2, 0.25) is 0 Å². The number of hydrogen-bond donors (Lipinski definition) is 1.